The number of hydrogen-bond donors (Lipinski definition) is 0. The van der Waals surface area contributed by atoms with Crippen LogP contribution in [0.4, 0.5) is 0 Å². The quantitative estimate of drug-likeness (QED) is 0.346. The van der Waals surface area contributed by atoms with Gasteiger partial charge in [0.15, 0.2) is 17.4 Å². The van der Waals surface area contributed by atoms with Gasteiger partial charge >= 0.3 is 50.1 Å². The largest absolute Gasteiger partial charge is 0 e. The van der Waals surface area contributed by atoms with Crippen molar-refractivity contribution in [2.45, 2.75) is 0 Å². The van der Waals surface area contributed by atoms with Crippen molar-refractivity contribution in [3.05, 3.63) is 0 Å². The van der Waals surface area contributed by atoms with E-state index in [0.717, 1.165) is 0 Å². The van der Waals surface area contributed by atoms with Crippen LogP contribution in [0.25, 0.3) is 0 Å². The molecule has 0 rings (SSSR count). The Bertz CT molecular complexity index is 8.00. The Labute approximate surface area is 85.5 Å². The molecular formula is H10AlBiSnZn. The van der Waals surface area contributed by atoms with Crippen LogP contribution in [0.2, 0.25) is 0 Å². The summed E-state index contributed by atoms with van der Waals surface area (Å²) in [5.74, 6) is 0. The summed E-state index contributed by atoms with van der Waals surface area (Å²) >= 11 is 0. The van der Waals surface area contributed by atoms with Crippen molar-refractivity contribution in [1.82, 2.24) is 0 Å². The van der Waals surface area contributed by atoms with E-state index in [2.05, 4.69) is 0 Å². The van der Waals surface area contributed by atoms with Crippen LogP contribution < -0.4 is 0 Å². The van der Waals surface area contributed by atoms with Crippen LogP contribution in [-0.2, 0) is 19.5 Å². The first kappa shape index (κ1) is 28.9. The van der Waals surface area contributed by atoms with Gasteiger partial charge in [0, 0.05) is 19.5 Å². The molecule has 4 heavy (non-hydrogen) atoms. The smallest absolute Gasteiger partial charge is 0 e. The second kappa shape index (κ2) is 17.0. The minimum atomic E-state index is 0. The predicted molar refractivity (Wildman–Crippen MR) is 31.2 cm³/mol. The third-order valence-corrected chi connectivity index (χ3v) is 0. The summed E-state index contributed by atoms with van der Waals surface area (Å²) < 4.78 is 0. The average molecular weight is 430 g/mol. The molecule has 0 N–H and O–H groups in total. The first-order chi connectivity index (χ1) is 0. The van der Waals surface area contributed by atoms with Gasteiger partial charge in [0.2, 0.25) is 0 Å². The van der Waals surface area contributed by atoms with Gasteiger partial charge < -0.3 is 0 Å². The SMILES string of the molecule is [AlH3].[BiH3].[SnH4].[Zn]. The molecule has 0 aromatic carbocycles. The van der Waals surface area contributed by atoms with E-state index in [-0.39, 0.29) is 87.0 Å². The first-order valence-corrected chi connectivity index (χ1v) is 0. The summed E-state index contributed by atoms with van der Waals surface area (Å²) in [5, 5.41) is 0. The van der Waals surface area contributed by atoms with E-state index in [4.69, 9.17) is 0 Å². The van der Waals surface area contributed by atoms with Crippen LogP contribution in [0.3, 0.4) is 0 Å². The summed E-state index contributed by atoms with van der Waals surface area (Å²) in [4.78, 5) is 0. The fourth-order valence-corrected chi connectivity index (χ4v) is 0. The molecule has 0 saturated carbocycles. The van der Waals surface area contributed by atoms with Crippen LogP contribution >= 0.6 is 0 Å². The Morgan fingerprint density at radius 1 is 1.00 bits per heavy atom. The van der Waals surface area contributed by atoms with Gasteiger partial charge in [-0.05, 0) is 0 Å². The zero-order valence-electron chi connectivity index (χ0n) is 1.41. The van der Waals surface area contributed by atoms with Gasteiger partial charge in [0.1, 0.15) is 0 Å². The fraction of sp³-hybridized carbons (Fsp3) is 0. The molecule has 0 aliphatic rings. The van der Waals surface area contributed by atoms with Gasteiger partial charge in [-0.2, -0.15) is 0 Å². The van der Waals surface area contributed by atoms with Crippen molar-refractivity contribution in [3.8, 4) is 0 Å². The van der Waals surface area contributed by atoms with E-state index in [1.165, 1.54) is 0 Å². The van der Waals surface area contributed by atoms with Gasteiger partial charge in [-0.1, -0.05) is 0 Å². The molecule has 0 atom stereocenters. The number of hydrogen-bond acceptors (Lipinski definition) is 0. The Kier molecular flexibility index (Phi) is 123. The topological polar surface area (TPSA) is 0 Å². The van der Waals surface area contributed by atoms with Crippen LogP contribution in [0.1, 0.15) is 0 Å². The maximum atomic E-state index is 0. The van der Waals surface area contributed by atoms with Gasteiger partial charge in [-0.15, -0.1) is 0 Å². The maximum absolute atomic E-state index is 0. The molecule has 0 heterocycles. The molecule has 0 bridgehead atoms. The summed E-state index contributed by atoms with van der Waals surface area (Å²) in [5.41, 5.74) is 0. The van der Waals surface area contributed by atoms with Crippen molar-refractivity contribution in [2.24, 2.45) is 0 Å². The molecule has 0 saturated heterocycles. The summed E-state index contributed by atoms with van der Waals surface area (Å²) in [6.45, 7) is 0. The molecule has 0 fully saturated rings. The van der Waals surface area contributed by atoms with Gasteiger partial charge in [-0.25, -0.2) is 0 Å². The molecule has 0 radical (unpaired) electrons. The van der Waals surface area contributed by atoms with Crippen molar-refractivity contribution in [3.63, 3.8) is 0 Å². The minimum absolute atomic E-state index is 0. The third kappa shape index (κ3) is 8.85. The third-order valence-electron chi connectivity index (χ3n) is 0. The average Bonchev–Trinajstić information content (AvgIpc) is 0. The Morgan fingerprint density at radius 2 is 1.00 bits per heavy atom. The molecule has 0 spiro atoms. The fourth-order valence-electron chi connectivity index (χ4n) is 0. The maximum Gasteiger partial charge on any atom is 0 e. The Balaban J connectivity index is 0. The molecule has 0 aliphatic carbocycles. The van der Waals surface area contributed by atoms with E-state index in [9.17, 15) is 0 Å². The van der Waals surface area contributed by atoms with Gasteiger partial charge in [-0.3, -0.25) is 0 Å². The van der Waals surface area contributed by atoms with Gasteiger partial charge in [0.05, 0.1) is 0 Å². The molecule has 0 aromatic rings. The normalized spacial score (nSPS) is 0. The molecular weight excluding hydrogens is 420 g/mol. The van der Waals surface area contributed by atoms with Gasteiger partial charge in [0.25, 0.3) is 0 Å². The van der Waals surface area contributed by atoms with Crippen molar-refractivity contribution in [2.75, 3.05) is 0 Å². The summed E-state index contributed by atoms with van der Waals surface area (Å²) in [7, 11) is 0. The van der Waals surface area contributed by atoms with Crippen molar-refractivity contribution < 1.29 is 19.5 Å². The van der Waals surface area contributed by atoms with E-state index < -0.39 is 0 Å². The van der Waals surface area contributed by atoms with Crippen LogP contribution in [0, 0.1) is 0 Å². The predicted octanol–water partition coefficient (Wildman–Crippen LogP) is -3.82. The second-order valence-corrected chi connectivity index (χ2v) is 0. The van der Waals surface area contributed by atoms with E-state index in [0.29, 0.717) is 0 Å². The molecule has 0 aliphatic heterocycles. The standard InChI is InChI=1S/Al.Bi.Sn.Zn.10H. The Morgan fingerprint density at radius 3 is 1.00 bits per heavy atom. The zero-order valence-corrected chi connectivity index (χ0v) is 9.88. The summed E-state index contributed by atoms with van der Waals surface area (Å²) in [6.07, 6.45) is 0. The molecule has 0 unspecified atom stereocenters. The van der Waals surface area contributed by atoms with Crippen LogP contribution in [0.5, 0.6) is 0 Å². The second-order valence-electron chi connectivity index (χ2n) is 0. The van der Waals surface area contributed by atoms with E-state index >= 15 is 0 Å². The molecule has 4 heteroatoms. The molecule has 24 valence electrons. The summed E-state index contributed by atoms with van der Waals surface area (Å²) in [6, 6.07) is 0. The zero-order chi connectivity index (χ0) is 0. The monoisotopic (exact) mass is 430 g/mol. The van der Waals surface area contributed by atoms with E-state index in [1.54, 1.807) is 0 Å². The molecule has 0 aromatic heterocycles. The van der Waals surface area contributed by atoms with E-state index in [1.807, 2.05) is 0 Å². The van der Waals surface area contributed by atoms with Crippen LogP contribution in [-0.4, -0.2) is 67.5 Å². The first-order valence-electron chi connectivity index (χ1n) is 0. The van der Waals surface area contributed by atoms with Crippen LogP contribution in [0.15, 0.2) is 0 Å². The Hall–Kier alpha value is 2.84. The number of rotatable bonds is 0. The van der Waals surface area contributed by atoms with Crippen molar-refractivity contribution in [1.29, 1.82) is 0 Å². The molecule has 0 amide bonds. The molecule has 0 nitrogen and oxygen atoms in total. The minimum Gasteiger partial charge on any atom is 0 e. The van der Waals surface area contributed by atoms with Crippen molar-refractivity contribution >= 4 is 67.5 Å².